The number of ether oxygens (including phenoxy) is 1. The van der Waals surface area contributed by atoms with Gasteiger partial charge in [0.1, 0.15) is 6.67 Å². The molecule has 0 saturated heterocycles. The third-order valence-electron chi connectivity index (χ3n) is 3.78. The Hall–Kier alpha value is -2.71. The lowest BCUT2D eigenvalue weighted by atomic mass is 10.1. The van der Waals surface area contributed by atoms with E-state index in [1.165, 1.54) is 13.3 Å². The van der Waals surface area contributed by atoms with Crippen molar-refractivity contribution in [3.8, 4) is 17.1 Å². The van der Waals surface area contributed by atoms with Crippen LogP contribution in [0.15, 0.2) is 30.6 Å². The van der Waals surface area contributed by atoms with Crippen LogP contribution >= 0.6 is 11.6 Å². The molecule has 0 fully saturated rings. The molecule has 1 atom stereocenters. The molecule has 2 aromatic heterocycles. The van der Waals surface area contributed by atoms with Gasteiger partial charge in [-0.3, -0.25) is 4.79 Å². The number of aromatic nitrogens is 3. The number of aromatic amines is 1. The molecule has 0 radical (unpaired) electrons. The first-order valence-corrected chi connectivity index (χ1v) is 8.09. The number of aliphatic hydroxyl groups is 1. The quantitative estimate of drug-likeness (QED) is 0.610. The van der Waals surface area contributed by atoms with Crippen LogP contribution in [0.1, 0.15) is 5.69 Å². The Balaban J connectivity index is 1.84. The molecule has 3 N–H and O–H groups in total. The lowest BCUT2D eigenvalue weighted by Gasteiger charge is -2.06. The Bertz CT molecular complexity index is 930. The number of nitrogens with one attached hydrogen (secondary N) is 2. The number of hydrogen-bond donors (Lipinski definition) is 3. The molecule has 3 aromatic rings. The predicted molar refractivity (Wildman–Crippen MR) is 94.7 cm³/mol. The van der Waals surface area contributed by atoms with Gasteiger partial charge in [-0.15, -0.1) is 0 Å². The molecule has 1 aromatic carbocycles. The van der Waals surface area contributed by atoms with E-state index < -0.39 is 18.7 Å². The van der Waals surface area contributed by atoms with Crippen LogP contribution in [0.4, 0.5) is 4.39 Å². The molecule has 2 heterocycles. The van der Waals surface area contributed by atoms with Crippen molar-refractivity contribution in [2.75, 3.05) is 13.8 Å². The Morgan fingerprint density at radius 2 is 2.19 bits per heavy atom. The number of amides is 1. The van der Waals surface area contributed by atoms with E-state index in [0.29, 0.717) is 27.9 Å². The number of rotatable bonds is 6. The lowest BCUT2D eigenvalue weighted by Crippen LogP contribution is -2.35. The second-order valence-electron chi connectivity index (χ2n) is 5.55. The minimum atomic E-state index is -1.66. The first kappa shape index (κ1) is 18.1. The largest absolute Gasteiger partial charge is 0.480 e. The second kappa shape index (κ2) is 7.67. The van der Waals surface area contributed by atoms with Crippen LogP contribution in [0.2, 0.25) is 5.02 Å². The van der Waals surface area contributed by atoms with Gasteiger partial charge in [-0.2, -0.15) is 0 Å². The minimum absolute atomic E-state index is 0.125. The highest BCUT2D eigenvalue weighted by molar-refractivity contribution is 6.34. The summed E-state index contributed by atoms with van der Waals surface area (Å²) < 4.78 is 17.3. The average molecular weight is 379 g/mol. The van der Waals surface area contributed by atoms with Crippen molar-refractivity contribution in [3.05, 3.63) is 41.3 Å². The number of benzene rings is 1. The van der Waals surface area contributed by atoms with Crippen LogP contribution in [0.3, 0.4) is 0 Å². The number of H-pyrrole nitrogens is 1. The zero-order valence-corrected chi connectivity index (χ0v) is 14.5. The number of hydrogen-bond acceptors (Lipinski definition) is 5. The summed E-state index contributed by atoms with van der Waals surface area (Å²) >= 11 is 6.35. The van der Waals surface area contributed by atoms with E-state index in [2.05, 4.69) is 20.3 Å². The summed E-state index contributed by atoms with van der Waals surface area (Å²) in [5.41, 5.74) is 2.76. The molecular formula is C17H16ClFN4O3. The molecule has 0 bridgehead atoms. The van der Waals surface area contributed by atoms with Gasteiger partial charge in [0.15, 0.2) is 6.10 Å². The Labute approximate surface area is 153 Å². The fourth-order valence-corrected chi connectivity index (χ4v) is 2.70. The molecule has 1 amide bonds. The van der Waals surface area contributed by atoms with Gasteiger partial charge >= 0.3 is 0 Å². The summed E-state index contributed by atoms with van der Waals surface area (Å²) in [7, 11) is 1.51. The molecule has 0 aliphatic rings. The van der Waals surface area contributed by atoms with Gasteiger partial charge in [0.2, 0.25) is 5.88 Å². The molecular weight excluding hydrogens is 363 g/mol. The summed E-state index contributed by atoms with van der Waals surface area (Å²) in [6.45, 7) is -1.000. The van der Waals surface area contributed by atoms with Gasteiger partial charge in [-0.05, 0) is 18.2 Å². The number of carbonyl (C=O) groups is 1. The normalized spacial score (nSPS) is 12.2. The average Bonchev–Trinajstić information content (AvgIpc) is 3.06. The van der Waals surface area contributed by atoms with Crippen LogP contribution in [0.5, 0.6) is 5.88 Å². The highest BCUT2D eigenvalue weighted by Gasteiger charge is 2.15. The molecule has 0 saturated carbocycles. The molecule has 26 heavy (non-hydrogen) atoms. The molecule has 0 unspecified atom stereocenters. The van der Waals surface area contributed by atoms with Crippen LogP contribution in [0, 0.1) is 0 Å². The second-order valence-corrected chi connectivity index (χ2v) is 5.95. The standard InChI is InChI=1S/C17H16ClFN4O3/c1-26-16-8-20-14(7-21-16)11-4-13-9(3-12(11)18)2-10(23-13)6-22-17(25)15(24)5-19/h2-4,7-8,15,23-24H,5-6H2,1H3,(H,22,25)/t15-/m0/s1. The van der Waals surface area contributed by atoms with E-state index in [9.17, 15) is 9.18 Å². The van der Waals surface area contributed by atoms with E-state index in [1.807, 2.05) is 12.1 Å². The van der Waals surface area contributed by atoms with Crippen LogP contribution in [-0.4, -0.2) is 45.9 Å². The topological polar surface area (TPSA) is 100 Å². The maximum atomic E-state index is 12.3. The van der Waals surface area contributed by atoms with Crippen LogP contribution in [-0.2, 0) is 11.3 Å². The third kappa shape index (κ3) is 3.76. The zero-order chi connectivity index (χ0) is 18.7. The summed E-state index contributed by atoms with van der Waals surface area (Å²) in [6, 6.07) is 5.42. The van der Waals surface area contributed by atoms with Gasteiger partial charge < -0.3 is 20.1 Å². The van der Waals surface area contributed by atoms with E-state index in [-0.39, 0.29) is 6.54 Å². The van der Waals surface area contributed by atoms with Crippen molar-refractivity contribution in [1.82, 2.24) is 20.3 Å². The fourth-order valence-electron chi connectivity index (χ4n) is 2.44. The molecule has 3 rings (SSSR count). The molecule has 0 aliphatic heterocycles. The van der Waals surface area contributed by atoms with Gasteiger partial charge in [0.25, 0.3) is 5.91 Å². The Kier molecular flexibility index (Phi) is 5.34. The fraction of sp³-hybridized carbons (Fsp3) is 0.235. The van der Waals surface area contributed by atoms with Crippen molar-refractivity contribution in [1.29, 1.82) is 0 Å². The molecule has 136 valence electrons. The van der Waals surface area contributed by atoms with Crippen LogP contribution in [0.25, 0.3) is 22.2 Å². The summed E-state index contributed by atoms with van der Waals surface area (Å²) in [4.78, 5) is 23.0. The first-order chi connectivity index (χ1) is 12.5. The number of fused-ring (bicyclic) bond motifs is 1. The number of carbonyl (C=O) groups excluding carboxylic acids is 1. The van der Waals surface area contributed by atoms with Crippen molar-refractivity contribution in [3.63, 3.8) is 0 Å². The van der Waals surface area contributed by atoms with E-state index in [4.69, 9.17) is 21.4 Å². The summed E-state index contributed by atoms with van der Waals surface area (Å²) in [5.74, 6) is -0.363. The van der Waals surface area contributed by atoms with E-state index in [1.54, 1.807) is 12.3 Å². The number of nitrogens with zero attached hydrogens (tertiary/aromatic N) is 2. The van der Waals surface area contributed by atoms with Gasteiger partial charge in [0.05, 0.1) is 36.8 Å². The predicted octanol–water partition coefficient (Wildman–Crippen LogP) is 2.23. The number of alkyl halides is 1. The van der Waals surface area contributed by atoms with Crippen molar-refractivity contribution >= 4 is 28.4 Å². The molecule has 7 nitrogen and oxygen atoms in total. The van der Waals surface area contributed by atoms with Crippen molar-refractivity contribution in [2.45, 2.75) is 12.6 Å². The number of aliphatic hydroxyl groups excluding tert-OH is 1. The smallest absolute Gasteiger partial charge is 0.251 e. The number of halogens is 2. The third-order valence-corrected chi connectivity index (χ3v) is 4.09. The SMILES string of the molecule is COc1cnc(-c2cc3[nH]c(CNC(=O)[C@@H](O)CF)cc3cc2Cl)cn1. The van der Waals surface area contributed by atoms with Crippen LogP contribution < -0.4 is 10.1 Å². The van der Waals surface area contributed by atoms with Gasteiger partial charge in [-0.1, -0.05) is 11.6 Å². The van der Waals surface area contributed by atoms with E-state index in [0.717, 1.165) is 10.9 Å². The summed E-state index contributed by atoms with van der Waals surface area (Å²) in [5, 5.41) is 12.9. The summed E-state index contributed by atoms with van der Waals surface area (Å²) in [6.07, 6.45) is 1.41. The maximum Gasteiger partial charge on any atom is 0.251 e. The van der Waals surface area contributed by atoms with Gasteiger partial charge in [-0.25, -0.2) is 14.4 Å². The molecule has 0 spiro atoms. The molecule has 0 aliphatic carbocycles. The van der Waals surface area contributed by atoms with E-state index >= 15 is 0 Å². The number of methoxy groups -OCH3 is 1. The Morgan fingerprint density at radius 1 is 1.38 bits per heavy atom. The highest BCUT2D eigenvalue weighted by atomic mass is 35.5. The minimum Gasteiger partial charge on any atom is -0.480 e. The van der Waals surface area contributed by atoms with Gasteiger partial charge in [0, 0.05) is 22.2 Å². The zero-order valence-electron chi connectivity index (χ0n) is 13.8. The Morgan fingerprint density at radius 3 is 2.85 bits per heavy atom. The monoisotopic (exact) mass is 378 g/mol. The van der Waals surface area contributed by atoms with Crippen molar-refractivity contribution in [2.24, 2.45) is 0 Å². The van der Waals surface area contributed by atoms with Crippen molar-refractivity contribution < 1.29 is 19.0 Å². The highest BCUT2D eigenvalue weighted by Crippen LogP contribution is 2.31. The molecule has 9 heteroatoms. The first-order valence-electron chi connectivity index (χ1n) is 7.71. The maximum absolute atomic E-state index is 12.3. The lowest BCUT2D eigenvalue weighted by molar-refractivity contribution is -0.130.